The number of nitrogens with zero attached hydrogens (tertiary/aromatic N) is 5. The second-order valence-electron chi connectivity index (χ2n) is 6.54. The van der Waals surface area contributed by atoms with Gasteiger partial charge >= 0.3 is 0 Å². The normalized spacial score (nSPS) is 14.3. The summed E-state index contributed by atoms with van der Waals surface area (Å²) in [6.45, 7) is 1.56. The summed E-state index contributed by atoms with van der Waals surface area (Å²) < 4.78 is 6.00. The summed E-state index contributed by atoms with van der Waals surface area (Å²) in [5, 5.41) is 12.3. The minimum absolute atomic E-state index is 0.122. The maximum Gasteiger partial charge on any atom is 0.263 e. The molecule has 1 N–H and O–H groups in total. The van der Waals surface area contributed by atoms with Crippen LogP contribution in [0.2, 0.25) is 0 Å². The molecular weight excluding hydrogens is 352 g/mol. The van der Waals surface area contributed by atoms with Gasteiger partial charge in [-0.1, -0.05) is 6.07 Å². The summed E-state index contributed by atoms with van der Waals surface area (Å²) in [5.41, 5.74) is 0.920. The molecule has 0 spiro atoms. The number of nitriles is 1. The number of ether oxygens (including phenoxy) is 1. The Labute approximate surface area is 163 Å². The average molecular weight is 372 g/mol. The molecule has 0 unspecified atom stereocenters. The van der Waals surface area contributed by atoms with Crippen molar-refractivity contribution in [3.05, 3.63) is 61.1 Å². The Hall–Kier alpha value is -3.66. The molecule has 3 aromatic rings. The molecular formula is C21H20N6O. The van der Waals surface area contributed by atoms with E-state index in [9.17, 15) is 0 Å². The number of hydrogen-bond acceptors (Lipinski definition) is 7. The fraction of sp³-hybridized carbons (Fsp3) is 0.238. The van der Waals surface area contributed by atoms with Crippen LogP contribution in [0.15, 0.2) is 61.1 Å². The molecule has 140 valence electrons. The molecule has 2 aromatic heterocycles. The van der Waals surface area contributed by atoms with Crippen molar-refractivity contribution < 1.29 is 4.74 Å². The van der Waals surface area contributed by atoms with Crippen molar-refractivity contribution in [2.24, 2.45) is 5.92 Å². The molecule has 1 aliphatic heterocycles. The van der Waals surface area contributed by atoms with Crippen LogP contribution in [0, 0.1) is 17.2 Å². The quantitative estimate of drug-likeness (QED) is 0.720. The van der Waals surface area contributed by atoms with Crippen molar-refractivity contribution in [1.82, 2.24) is 15.0 Å². The Morgan fingerprint density at radius 3 is 2.46 bits per heavy atom. The number of anilines is 3. The summed E-state index contributed by atoms with van der Waals surface area (Å²) in [4.78, 5) is 15.2. The third kappa shape index (κ3) is 4.18. The molecule has 0 atom stereocenters. The van der Waals surface area contributed by atoms with Crippen LogP contribution in [0.3, 0.4) is 0 Å². The smallest absolute Gasteiger partial charge is 0.263 e. The van der Waals surface area contributed by atoms with Gasteiger partial charge in [-0.3, -0.25) is 0 Å². The maximum absolute atomic E-state index is 9.08. The number of nitrogens with one attached hydrogen (secondary N) is 1. The van der Waals surface area contributed by atoms with E-state index < -0.39 is 0 Å². The molecule has 0 amide bonds. The summed E-state index contributed by atoms with van der Waals surface area (Å²) in [7, 11) is 0. The number of benzene rings is 1. The van der Waals surface area contributed by atoms with Crippen molar-refractivity contribution in [3.8, 4) is 17.7 Å². The third-order valence-corrected chi connectivity index (χ3v) is 4.63. The molecule has 1 fully saturated rings. The van der Waals surface area contributed by atoms with Gasteiger partial charge in [0.15, 0.2) is 5.82 Å². The van der Waals surface area contributed by atoms with E-state index in [2.05, 4.69) is 31.2 Å². The number of piperidine rings is 1. The first kappa shape index (κ1) is 17.7. The van der Waals surface area contributed by atoms with Gasteiger partial charge < -0.3 is 15.0 Å². The zero-order chi connectivity index (χ0) is 19.2. The van der Waals surface area contributed by atoms with Crippen LogP contribution in [0.5, 0.6) is 11.6 Å². The average Bonchev–Trinajstić information content (AvgIpc) is 2.76. The van der Waals surface area contributed by atoms with Gasteiger partial charge in [0.05, 0.1) is 6.07 Å². The zero-order valence-electron chi connectivity index (χ0n) is 15.3. The van der Waals surface area contributed by atoms with Gasteiger partial charge in [-0.05, 0) is 49.2 Å². The number of pyridine rings is 1. The first-order valence-electron chi connectivity index (χ1n) is 9.23. The molecule has 0 aliphatic carbocycles. The third-order valence-electron chi connectivity index (χ3n) is 4.63. The number of rotatable bonds is 5. The number of aromatic nitrogens is 3. The molecule has 1 aromatic carbocycles. The SMILES string of the molecule is N#CC1CCN(c2nccnc2Oc2ccc(Nc3ccccn3)cc2)CC1. The minimum atomic E-state index is 0.122. The topological polar surface area (TPSA) is 87.0 Å². The second kappa shape index (κ2) is 8.35. The van der Waals surface area contributed by atoms with Crippen LogP contribution in [0.25, 0.3) is 0 Å². The molecule has 7 nitrogen and oxygen atoms in total. The van der Waals surface area contributed by atoms with Gasteiger partial charge in [-0.2, -0.15) is 5.26 Å². The lowest BCUT2D eigenvalue weighted by Crippen LogP contribution is -2.34. The Bertz CT molecular complexity index is 947. The standard InChI is InChI=1S/C21H20N6O/c22-15-16-8-13-27(14-9-16)20-21(25-12-11-24-20)28-18-6-4-17(5-7-18)26-19-3-1-2-10-23-19/h1-7,10-12,16H,8-9,13-14H2,(H,23,26). The van der Waals surface area contributed by atoms with E-state index >= 15 is 0 Å². The van der Waals surface area contributed by atoms with Gasteiger partial charge in [-0.25, -0.2) is 15.0 Å². The van der Waals surface area contributed by atoms with Crippen molar-refractivity contribution in [2.75, 3.05) is 23.3 Å². The van der Waals surface area contributed by atoms with Crippen molar-refractivity contribution in [3.63, 3.8) is 0 Å². The van der Waals surface area contributed by atoms with Gasteiger partial charge in [0.1, 0.15) is 11.6 Å². The zero-order valence-corrected chi connectivity index (χ0v) is 15.3. The lowest BCUT2D eigenvalue weighted by molar-refractivity contribution is 0.444. The minimum Gasteiger partial charge on any atom is -0.436 e. The van der Waals surface area contributed by atoms with Crippen LogP contribution in [-0.4, -0.2) is 28.0 Å². The van der Waals surface area contributed by atoms with Crippen molar-refractivity contribution in [2.45, 2.75) is 12.8 Å². The van der Waals surface area contributed by atoms with E-state index in [0.717, 1.165) is 43.3 Å². The fourth-order valence-corrected chi connectivity index (χ4v) is 3.13. The van der Waals surface area contributed by atoms with Crippen LogP contribution in [0.4, 0.5) is 17.3 Å². The van der Waals surface area contributed by atoms with Gasteiger partial charge in [0, 0.05) is 43.3 Å². The van der Waals surface area contributed by atoms with Crippen LogP contribution >= 0.6 is 0 Å². The van der Waals surface area contributed by atoms with E-state index in [0.29, 0.717) is 11.6 Å². The lowest BCUT2D eigenvalue weighted by atomic mass is 9.99. The molecule has 0 saturated carbocycles. The Morgan fingerprint density at radius 1 is 0.964 bits per heavy atom. The summed E-state index contributed by atoms with van der Waals surface area (Å²) >= 11 is 0. The first-order valence-corrected chi connectivity index (χ1v) is 9.23. The van der Waals surface area contributed by atoms with E-state index in [1.165, 1.54) is 0 Å². The monoisotopic (exact) mass is 372 g/mol. The molecule has 1 aliphatic rings. The highest BCUT2D eigenvalue weighted by molar-refractivity contribution is 5.57. The van der Waals surface area contributed by atoms with Gasteiger partial charge in [-0.15, -0.1) is 0 Å². The van der Waals surface area contributed by atoms with Crippen LogP contribution < -0.4 is 15.0 Å². The van der Waals surface area contributed by atoms with E-state index in [1.54, 1.807) is 18.6 Å². The molecule has 1 saturated heterocycles. The van der Waals surface area contributed by atoms with Crippen LogP contribution in [0.1, 0.15) is 12.8 Å². The highest BCUT2D eigenvalue weighted by Crippen LogP contribution is 2.31. The maximum atomic E-state index is 9.08. The molecule has 4 rings (SSSR count). The van der Waals surface area contributed by atoms with Crippen molar-refractivity contribution in [1.29, 1.82) is 5.26 Å². The summed E-state index contributed by atoms with van der Waals surface area (Å²) in [5.74, 6) is 2.78. The Kier molecular flexibility index (Phi) is 5.29. The fourth-order valence-electron chi connectivity index (χ4n) is 3.13. The highest BCUT2D eigenvalue weighted by Gasteiger charge is 2.23. The molecule has 0 bridgehead atoms. The van der Waals surface area contributed by atoms with Gasteiger partial charge in [0.25, 0.3) is 5.88 Å². The Morgan fingerprint density at radius 2 is 1.75 bits per heavy atom. The first-order chi connectivity index (χ1) is 13.8. The molecule has 3 heterocycles. The largest absolute Gasteiger partial charge is 0.436 e. The van der Waals surface area contributed by atoms with Crippen molar-refractivity contribution >= 4 is 17.3 Å². The summed E-state index contributed by atoms with van der Waals surface area (Å²) in [6, 6.07) is 15.7. The Balaban J connectivity index is 1.45. The predicted octanol–water partition coefficient (Wildman–Crippen LogP) is 4.15. The van der Waals surface area contributed by atoms with E-state index in [1.807, 2.05) is 42.5 Å². The number of hydrogen-bond donors (Lipinski definition) is 1. The van der Waals surface area contributed by atoms with E-state index in [4.69, 9.17) is 10.00 Å². The second-order valence-corrected chi connectivity index (χ2v) is 6.54. The van der Waals surface area contributed by atoms with Gasteiger partial charge in [0.2, 0.25) is 0 Å². The lowest BCUT2D eigenvalue weighted by Gasteiger charge is -2.30. The predicted molar refractivity (Wildman–Crippen MR) is 107 cm³/mol. The molecule has 28 heavy (non-hydrogen) atoms. The van der Waals surface area contributed by atoms with Crippen LogP contribution in [-0.2, 0) is 0 Å². The highest BCUT2D eigenvalue weighted by atomic mass is 16.5. The summed E-state index contributed by atoms with van der Waals surface area (Å²) in [6.07, 6.45) is 6.70. The molecule has 7 heteroatoms. The van der Waals surface area contributed by atoms with E-state index in [-0.39, 0.29) is 5.92 Å². The molecule has 0 radical (unpaired) electrons.